The molecule has 4 aromatic rings. The van der Waals surface area contributed by atoms with Gasteiger partial charge in [-0.1, -0.05) is 6.07 Å². The van der Waals surface area contributed by atoms with Gasteiger partial charge in [-0.25, -0.2) is 18.6 Å². The Bertz CT molecular complexity index is 1260. The van der Waals surface area contributed by atoms with E-state index in [-0.39, 0.29) is 11.3 Å². The molecule has 0 amide bonds. The third-order valence-electron chi connectivity index (χ3n) is 5.06. The van der Waals surface area contributed by atoms with Crippen molar-refractivity contribution in [3.8, 4) is 33.0 Å². The molecule has 0 fully saturated rings. The first-order valence-corrected chi connectivity index (χ1v) is 9.93. The van der Waals surface area contributed by atoms with Crippen LogP contribution in [0.3, 0.4) is 0 Å². The van der Waals surface area contributed by atoms with E-state index >= 15 is 0 Å². The maximum Gasteiger partial charge on any atom is 0.356 e. The number of aryl methyl sites for hydroxylation is 1. The monoisotopic (exact) mass is 425 g/mol. The minimum atomic E-state index is -1.14. The van der Waals surface area contributed by atoms with Gasteiger partial charge in [0.1, 0.15) is 16.6 Å². The fourth-order valence-corrected chi connectivity index (χ4v) is 4.30. The number of halogens is 2. The van der Waals surface area contributed by atoms with E-state index in [1.54, 1.807) is 33.2 Å². The molecular formula is C22H17F2N3O2S. The zero-order chi connectivity index (χ0) is 21.6. The van der Waals surface area contributed by atoms with Gasteiger partial charge in [0.2, 0.25) is 0 Å². The van der Waals surface area contributed by atoms with Gasteiger partial charge in [-0.15, -0.1) is 11.3 Å². The first-order valence-electron chi connectivity index (χ1n) is 9.05. The van der Waals surface area contributed by atoms with Gasteiger partial charge in [0.05, 0.1) is 11.3 Å². The molecule has 0 radical (unpaired) electrons. The van der Waals surface area contributed by atoms with Crippen molar-refractivity contribution in [2.24, 2.45) is 7.05 Å². The van der Waals surface area contributed by atoms with Crippen LogP contribution in [0.5, 0.6) is 0 Å². The van der Waals surface area contributed by atoms with Crippen molar-refractivity contribution in [3.63, 3.8) is 0 Å². The summed E-state index contributed by atoms with van der Waals surface area (Å²) < 4.78 is 30.8. The normalized spacial score (nSPS) is 11.1. The average molecular weight is 425 g/mol. The number of hydrogen-bond acceptors (Lipinski definition) is 4. The van der Waals surface area contributed by atoms with E-state index in [4.69, 9.17) is 0 Å². The maximum absolute atomic E-state index is 14.6. The smallest absolute Gasteiger partial charge is 0.356 e. The van der Waals surface area contributed by atoms with Crippen LogP contribution in [0.25, 0.3) is 33.0 Å². The lowest BCUT2D eigenvalue weighted by atomic mass is 9.90. The fourth-order valence-electron chi connectivity index (χ4n) is 3.67. The van der Waals surface area contributed by atoms with Crippen LogP contribution in [0, 0.1) is 25.5 Å². The van der Waals surface area contributed by atoms with Gasteiger partial charge in [0.25, 0.3) is 0 Å². The molecule has 1 N–H and O–H groups in total. The molecule has 0 saturated carbocycles. The van der Waals surface area contributed by atoms with Crippen molar-refractivity contribution in [1.82, 2.24) is 14.8 Å². The zero-order valence-electron chi connectivity index (χ0n) is 16.4. The van der Waals surface area contributed by atoms with E-state index in [1.165, 1.54) is 34.2 Å². The Balaban J connectivity index is 2.08. The summed E-state index contributed by atoms with van der Waals surface area (Å²) in [6.45, 7) is 3.43. The van der Waals surface area contributed by atoms with Crippen molar-refractivity contribution >= 4 is 17.3 Å². The highest BCUT2D eigenvalue weighted by Crippen LogP contribution is 2.40. The summed E-state index contributed by atoms with van der Waals surface area (Å²) in [5.74, 6) is -2.48. The molecule has 152 valence electrons. The van der Waals surface area contributed by atoms with Gasteiger partial charge in [-0.3, -0.25) is 4.68 Å². The molecule has 4 rings (SSSR count). The predicted octanol–water partition coefficient (Wildman–Crippen LogP) is 5.47. The molecule has 2 aromatic heterocycles. The van der Waals surface area contributed by atoms with Gasteiger partial charge in [-0.2, -0.15) is 5.10 Å². The van der Waals surface area contributed by atoms with E-state index < -0.39 is 17.6 Å². The second-order valence-electron chi connectivity index (χ2n) is 6.88. The Morgan fingerprint density at radius 3 is 2.33 bits per heavy atom. The first kappa shape index (κ1) is 19.9. The number of carboxylic acids is 1. The molecule has 30 heavy (non-hydrogen) atoms. The summed E-state index contributed by atoms with van der Waals surface area (Å²) >= 11 is 1.40. The van der Waals surface area contributed by atoms with Crippen LogP contribution in [0.15, 0.2) is 41.9 Å². The molecule has 0 aliphatic heterocycles. The number of benzene rings is 2. The Kier molecular flexibility index (Phi) is 4.95. The van der Waals surface area contributed by atoms with Crippen LogP contribution >= 0.6 is 11.3 Å². The van der Waals surface area contributed by atoms with Crippen molar-refractivity contribution in [2.45, 2.75) is 13.8 Å². The lowest BCUT2D eigenvalue weighted by molar-refractivity contribution is 0.0689. The lowest BCUT2D eigenvalue weighted by Crippen LogP contribution is -2.00. The molecule has 0 atom stereocenters. The van der Waals surface area contributed by atoms with Crippen molar-refractivity contribution in [3.05, 3.63) is 70.4 Å². The van der Waals surface area contributed by atoms with Gasteiger partial charge in [0.15, 0.2) is 5.69 Å². The second-order valence-corrected chi connectivity index (χ2v) is 7.78. The summed E-state index contributed by atoms with van der Waals surface area (Å²) in [5, 5.41) is 16.1. The quantitative estimate of drug-likeness (QED) is 0.471. The molecule has 0 spiro atoms. The molecule has 2 heterocycles. The highest BCUT2D eigenvalue weighted by Gasteiger charge is 2.24. The van der Waals surface area contributed by atoms with Crippen LogP contribution < -0.4 is 0 Å². The molecule has 0 aliphatic carbocycles. The number of aromatic carboxylic acids is 1. The number of carbonyl (C=O) groups is 1. The SMILES string of the molecule is Cc1c(-c2c(F)cccc2F)cc(-c2nccs2)cc1-c1c(C)c(C(=O)O)nn1C. The molecule has 0 aliphatic rings. The van der Waals surface area contributed by atoms with E-state index in [9.17, 15) is 18.7 Å². The van der Waals surface area contributed by atoms with E-state index in [2.05, 4.69) is 10.1 Å². The van der Waals surface area contributed by atoms with Crippen LogP contribution in [0.1, 0.15) is 21.6 Å². The number of thiazole rings is 1. The third kappa shape index (κ3) is 3.19. The Morgan fingerprint density at radius 1 is 1.10 bits per heavy atom. The number of rotatable bonds is 4. The molecule has 0 saturated heterocycles. The van der Waals surface area contributed by atoms with E-state index in [0.717, 1.165) is 0 Å². The van der Waals surface area contributed by atoms with Crippen LogP contribution in [-0.2, 0) is 7.05 Å². The number of hydrogen-bond donors (Lipinski definition) is 1. The first-order chi connectivity index (χ1) is 14.3. The Morgan fingerprint density at radius 2 is 1.77 bits per heavy atom. The molecule has 0 unspecified atom stereocenters. The average Bonchev–Trinajstić information content (AvgIpc) is 3.32. The minimum Gasteiger partial charge on any atom is -0.476 e. The standard InChI is InChI=1S/C22H17F2N3O2S/c1-11-14(18-16(23)5-4-6-17(18)24)9-13(21-25-7-8-30-21)10-15(11)20-12(2)19(22(28)29)26-27(20)3/h4-10H,1-3H3,(H,28,29). The lowest BCUT2D eigenvalue weighted by Gasteiger charge is -2.16. The third-order valence-corrected chi connectivity index (χ3v) is 5.88. The summed E-state index contributed by atoms with van der Waals surface area (Å²) in [7, 11) is 1.65. The summed E-state index contributed by atoms with van der Waals surface area (Å²) in [6.07, 6.45) is 1.65. The Labute approximate surface area is 175 Å². The van der Waals surface area contributed by atoms with Crippen LogP contribution in [0.4, 0.5) is 8.78 Å². The summed E-state index contributed by atoms with van der Waals surface area (Å²) in [6, 6.07) is 7.31. The molecular weight excluding hydrogens is 408 g/mol. The summed E-state index contributed by atoms with van der Waals surface area (Å²) in [5.41, 5.74) is 3.16. The van der Waals surface area contributed by atoms with Crippen LogP contribution in [-0.4, -0.2) is 25.8 Å². The largest absolute Gasteiger partial charge is 0.476 e. The highest BCUT2D eigenvalue weighted by molar-refractivity contribution is 7.13. The number of carboxylic acid groups (broad SMARTS) is 1. The number of aromatic nitrogens is 3. The van der Waals surface area contributed by atoms with Crippen molar-refractivity contribution in [2.75, 3.05) is 0 Å². The van der Waals surface area contributed by atoms with E-state index in [1.807, 2.05) is 11.4 Å². The zero-order valence-corrected chi connectivity index (χ0v) is 17.2. The molecule has 0 bridgehead atoms. The Hall–Kier alpha value is -3.39. The predicted molar refractivity (Wildman–Crippen MR) is 112 cm³/mol. The summed E-state index contributed by atoms with van der Waals surface area (Å²) in [4.78, 5) is 15.9. The molecule has 2 aromatic carbocycles. The van der Waals surface area contributed by atoms with Gasteiger partial charge in [0, 0.05) is 35.3 Å². The van der Waals surface area contributed by atoms with Gasteiger partial charge in [-0.05, 0) is 49.2 Å². The number of nitrogens with zero attached hydrogens (tertiary/aromatic N) is 3. The second kappa shape index (κ2) is 7.46. The van der Waals surface area contributed by atoms with Crippen molar-refractivity contribution < 1.29 is 18.7 Å². The molecule has 8 heteroatoms. The van der Waals surface area contributed by atoms with Crippen molar-refractivity contribution in [1.29, 1.82) is 0 Å². The minimum absolute atomic E-state index is 0.0647. The van der Waals surface area contributed by atoms with E-state index in [0.29, 0.717) is 38.5 Å². The maximum atomic E-state index is 14.6. The highest BCUT2D eigenvalue weighted by atomic mass is 32.1. The fraction of sp³-hybridized carbons (Fsp3) is 0.136. The van der Waals surface area contributed by atoms with Crippen LogP contribution in [0.2, 0.25) is 0 Å². The van der Waals surface area contributed by atoms with Gasteiger partial charge >= 0.3 is 5.97 Å². The van der Waals surface area contributed by atoms with Gasteiger partial charge < -0.3 is 5.11 Å². The molecule has 5 nitrogen and oxygen atoms in total. The topological polar surface area (TPSA) is 68.0 Å².